The van der Waals surface area contributed by atoms with E-state index in [0.717, 1.165) is 60.6 Å². The molecule has 1 fully saturated rings. The predicted octanol–water partition coefficient (Wildman–Crippen LogP) is 3.83. The Labute approximate surface area is 168 Å². The molecule has 2 aliphatic rings. The third kappa shape index (κ3) is 4.85. The minimum Gasteiger partial charge on any atom is -0.376 e. The van der Waals surface area contributed by atoms with Gasteiger partial charge in [0.1, 0.15) is 12.4 Å². The number of hydrogen-bond donors (Lipinski definition) is 1. The second-order valence-corrected chi connectivity index (χ2v) is 7.63. The number of nitrogens with zero attached hydrogens (tertiary/aromatic N) is 1. The molecule has 1 unspecified atom stereocenters. The summed E-state index contributed by atoms with van der Waals surface area (Å²) in [5.74, 6) is 0.816. The standard InChI is InChI=1S/C22H26F2N2O3/c23-21(24)14-28-13-15-4-5-19-16(9-15)6-7-26-20(19)10-17(27)11-22(26)25-12-18-3-1-2-8-29-18/h4-5,9-11,18,21,25H,1-3,6-8,12-14H2. The lowest BCUT2D eigenvalue weighted by molar-refractivity contribution is 0.00986. The highest BCUT2D eigenvalue weighted by atomic mass is 19.3. The van der Waals surface area contributed by atoms with Crippen molar-refractivity contribution in [3.8, 4) is 11.3 Å². The summed E-state index contributed by atoms with van der Waals surface area (Å²) in [5, 5.41) is 3.41. The van der Waals surface area contributed by atoms with Crippen LogP contribution in [0.4, 0.5) is 14.6 Å². The summed E-state index contributed by atoms with van der Waals surface area (Å²) < 4.78 is 37.5. The molecule has 0 radical (unpaired) electrons. The largest absolute Gasteiger partial charge is 0.376 e. The van der Waals surface area contributed by atoms with Crippen molar-refractivity contribution in [2.24, 2.45) is 0 Å². The van der Waals surface area contributed by atoms with Gasteiger partial charge in [-0.05, 0) is 36.8 Å². The molecule has 1 aromatic carbocycles. The molecule has 3 heterocycles. The van der Waals surface area contributed by atoms with Gasteiger partial charge in [0.05, 0.1) is 18.4 Å². The number of halogens is 2. The molecule has 1 aromatic heterocycles. The van der Waals surface area contributed by atoms with Gasteiger partial charge in [-0.25, -0.2) is 8.78 Å². The number of pyridine rings is 1. The Bertz CT molecular complexity index is 907. The van der Waals surface area contributed by atoms with Gasteiger partial charge in [0.2, 0.25) is 0 Å². The van der Waals surface area contributed by atoms with Crippen LogP contribution in [-0.2, 0) is 29.0 Å². The Morgan fingerprint density at radius 3 is 2.93 bits per heavy atom. The number of nitrogens with one attached hydrogen (secondary N) is 1. The van der Waals surface area contributed by atoms with E-state index >= 15 is 0 Å². The number of rotatable bonds is 7. The monoisotopic (exact) mass is 404 g/mol. The van der Waals surface area contributed by atoms with Crippen LogP contribution in [0.25, 0.3) is 11.3 Å². The fourth-order valence-electron chi connectivity index (χ4n) is 4.09. The molecule has 0 spiro atoms. The van der Waals surface area contributed by atoms with E-state index in [2.05, 4.69) is 9.88 Å². The van der Waals surface area contributed by atoms with Gasteiger partial charge in [-0.3, -0.25) is 4.79 Å². The van der Waals surface area contributed by atoms with Crippen molar-refractivity contribution < 1.29 is 18.3 Å². The third-order valence-electron chi connectivity index (χ3n) is 5.49. The molecular weight excluding hydrogens is 378 g/mol. The number of aryl methyl sites for hydroxylation is 1. The van der Waals surface area contributed by atoms with Gasteiger partial charge < -0.3 is 19.4 Å². The van der Waals surface area contributed by atoms with Crippen molar-refractivity contribution in [3.63, 3.8) is 0 Å². The number of aromatic nitrogens is 1. The van der Waals surface area contributed by atoms with E-state index in [9.17, 15) is 13.6 Å². The van der Waals surface area contributed by atoms with Crippen LogP contribution in [0.5, 0.6) is 0 Å². The third-order valence-corrected chi connectivity index (χ3v) is 5.49. The minimum absolute atomic E-state index is 0.0412. The van der Waals surface area contributed by atoms with Crippen LogP contribution in [-0.4, -0.2) is 36.9 Å². The first-order chi connectivity index (χ1) is 14.1. The molecule has 1 N–H and O–H groups in total. The molecule has 1 saturated heterocycles. The van der Waals surface area contributed by atoms with E-state index in [1.807, 2.05) is 18.2 Å². The zero-order valence-electron chi connectivity index (χ0n) is 16.3. The Hall–Kier alpha value is -2.25. The Morgan fingerprint density at radius 2 is 2.14 bits per heavy atom. The van der Waals surface area contributed by atoms with Crippen LogP contribution >= 0.6 is 0 Å². The van der Waals surface area contributed by atoms with E-state index in [4.69, 9.17) is 9.47 Å². The first-order valence-corrected chi connectivity index (χ1v) is 10.2. The van der Waals surface area contributed by atoms with Gasteiger partial charge in [0.25, 0.3) is 6.43 Å². The highest BCUT2D eigenvalue weighted by Gasteiger charge is 2.20. The maximum atomic E-state index is 12.3. The lowest BCUT2D eigenvalue weighted by atomic mass is 9.95. The maximum Gasteiger partial charge on any atom is 0.261 e. The number of benzene rings is 1. The molecule has 0 saturated carbocycles. The normalized spacial score (nSPS) is 18.4. The van der Waals surface area contributed by atoms with Crippen molar-refractivity contribution in [1.29, 1.82) is 0 Å². The minimum atomic E-state index is -2.46. The Morgan fingerprint density at radius 1 is 1.24 bits per heavy atom. The smallest absolute Gasteiger partial charge is 0.261 e. The molecule has 156 valence electrons. The van der Waals surface area contributed by atoms with Gasteiger partial charge in [-0.15, -0.1) is 0 Å². The molecule has 0 aliphatic carbocycles. The number of anilines is 1. The fraction of sp³-hybridized carbons (Fsp3) is 0.500. The quantitative estimate of drug-likeness (QED) is 0.762. The molecule has 2 aliphatic heterocycles. The zero-order chi connectivity index (χ0) is 20.2. The van der Waals surface area contributed by atoms with E-state index < -0.39 is 13.0 Å². The Kier molecular flexibility index (Phi) is 6.25. The van der Waals surface area contributed by atoms with Crippen LogP contribution < -0.4 is 10.7 Å². The molecular formula is C22H26F2N2O3. The second-order valence-electron chi connectivity index (χ2n) is 7.63. The van der Waals surface area contributed by atoms with Gasteiger partial charge in [0, 0.05) is 37.4 Å². The Balaban J connectivity index is 1.53. The van der Waals surface area contributed by atoms with Crippen LogP contribution in [0, 0.1) is 0 Å². The van der Waals surface area contributed by atoms with E-state index in [1.54, 1.807) is 12.1 Å². The predicted molar refractivity (Wildman–Crippen MR) is 108 cm³/mol. The van der Waals surface area contributed by atoms with Crippen LogP contribution in [0.3, 0.4) is 0 Å². The zero-order valence-corrected chi connectivity index (χ0v) is 16.3. The van der Waals surface area contributed by atoms with Gasteiger partial charge >= 0.3 is 0 Å². The number of fused-ring (bicyclic) bond motifs is 3. The lowest BCUT2D eigenvalue weighted by Crippen LogP contribution is -2.29. The summed E-state index contributed by atoms with van der Waals surface area (Å²) in [6.07, 6.45) is 1.86. The number of hydrogen-bond acceptors (Lipinski definition) is 4. The molecule has 29 heavy (non-hydrogen) atoms. The van der Waals surface area contributed by atoms with E-state index in [0.29, 0.717) is 6.54 Å². The molecule has 5 nitrogen and oxygen atoms in total. The van der Waals surface area contributed by atoms with Gasteiger partial charge in [-0.1, -0.05) is 18.2 Å². The van der Waals surface area contributed by atoms with Crippen molar-refractivity contribution >= 4 is 5.82 Å². The average molecular weight is 404 g/mol. The molecule has 4 rings (SSSR count). The van der Waals surface area contributed by atoms with Crippen molar-refractivity contribution in [1.82, 2.24) is 4.57 Å². The number of ether oxygens (including phenoxy) is 2. The molecule has 2 aromatic rings. The summed E-state index contributed by atoms with van der Waals surface area (Å²) in [5.41, 5.74) is 3.81. The summed E-state index contributed by atoms with van der Waals surface area (Å²) in [6.45, 7) is 1.84. The van der Waals surface area contributed by atoms with Crippen molar-refractivity contribution in [2.45, 2.75) is 51.4 Å². The first kappa shape index (κ1) is 20.0. The molecule has 0 amide bonds. The molecule has 7 heteroatoms. The van der Waals surface area contributed by atoms with E-state index in [-0.39, 0.29) is 18.1 Å². The first-order valence-electron chi connectivity index (χ1n) is 10.2. The molecule has 1 atom stereocenters. The van der Waals surface area contributed by atoms with Crippen LogP contribution in [0.2, 0.25) is 0 Å². The van der Waals surface area contributed by atoms with E-state index in [1.165, 1.54) is 6.42 Å². The summed E-state index contributed by atoms with van der Waals surface area (Å²) in [4.78, 5) is 12.3. The SMILES string of the molecule is O=c1cc(NCC2CCCCO2)n2c(c1)-c1ccc(COCC(F)F)cc1CC2. The topological polar surface area (TPSA) is 52.5 Å². The highest BCUT2D eigenvalue weighted by molar-refractivity contribution is 5.68. The van der Waals surface area contributed by atoms with Gasteiger partial charge in [0.15, 0.2) is 5.43 Å². The van der Waals surface area contributed by atoms with Crippen LogP contribution in [0.15, 0.2) is 35.1 Å². The van der Waals surface area contributed by atoms with Crippen molar-refractivity contribution in [3.05, 3.63) is 51.7 Å². The summed E-state index contributed by atoms with van der Waals surface area (Å²) >= 11 is 0. The lowest BCUT2D eigenvalue weighted by Gasteiger charge is -2.28. The summed E-state index contributed by atoms with van der Waals surface area (Å²) in [6, 6.07) is 9.12. The van der Waals surface area contributed by atoms with Gasteiger partial charge in [-0.2, -0.15) is 0 Å². The highest BCUT2D eigenvalue weighted by Crippen LogP contribution is 2.31. The second kappa shape index (κ2) is 9.05. The van der Waals surface area contributed by atoms with Crippen molar-refractivity contribution in [2.75, 3.05) is 25.1 Å². The maximum absolute atomic E-state index is 12.3. The van der Waals surface area contributed by atoms with Crippen LogP contribution in [0.1, 0.15) is 30.4 Å². The molecule has 0 bridgehead atoms. The summed E-state index contributed by atoms with van der Waals surface area (Å²) in [7, 11) is 0. The average Bonchev–Trinajstić information content (AvgIpc) is 2.72. The fourth-order valence-corrected chi connectivity index (χ4v) is 4.09. The number of alkyl halides is 2.